The van der Waals surface area contributed by atoms with Crippen molar-refractivity contribution >= 4 is 5.82 Å². The number of hydrogen-bond donors (Lipinski definition) is 1. The smallest absolute Gasteiger partial charge is 0.332 e. The van der Waals surface area contributed by atoms with Gasteiger partial charge in [0.05, 0.1) is 11.5 Å². The van der Waals surface area contributed by atoms with Crippen molar-refractivity contribution in [2.75, 3.05) is 18.0 Å². The molecule has 0 amide bonds. The molecule has 3 rings (SSSR count). The van der Waals surface area contributed by atoms with E-state index in [-0.39, 0.29) is 12.6 Å². The van der Waals surface area contributed by atoms with Crippen LogP contribution in [0.1, 0.15) is 19.8 Å². The highest BCUT2D eigenvalue weighted by atomic mass is 19.1. The van der Waals surface area contributed by atoms with Gasteiger partial charge in [-0.05, 0) is 31.9 Å². The maximum absolute atomic E-state index is 13.9. The maximum Gasteiger partial charge on any atom is 0.332 e. The zero-order valence-electron chi connectivity index (χ0n) is 15.6. The van der Waals surface area contributed by atoms with Crippen molar-refractivity contribution in [3.63, 3.8) is 0 Å². The molecule has 1 aromatic rings. The Morgan fingerprint density at radius 3 is 2.85 bits per heavy atom. The third-order valence-corrected chi connectivity index (χ3v) is 5.50. The minimum atomic E-state index is -0.945. The molecule has 2 unspecified atom stereocenters. The maximum atomic E-state index is 13.9. The topological polar surface area (TPSA) is 97.1 Å². The summed E-state index contributed by atoms with van der Waals surface area (Å²) < 4.78 is 16.3. The SMILES string of the molecule is Cn1c(=O)cc(N2CCC[C@@H](N)C2)n(CC2C=C(F)C=CC2(C)C#N)c1=O. The van der Waals surface area contributed by atoms with Crippen LogP contribution in [-0.2, 0) is 13.6 Å². The highest BCUT2D eigenvalue weighted by Crippen LogP contribution is 2.36. The van der Waals surface area contributed by atoms with Crippen molar-refractivity contribution in [2.24, 2.45) is 24.1 Å². The largest absolute Gasteiger partial charge is 0.356 e. The average molecular weight is 373 g/mol. The number of allylic oxidation sites excluding steroid dienone is 4. The summed E-state index contributed by atoms with van der Waals surface area (Å²) in [7, 11) is 1.41. The van der Waals surface area contributed by atoms with Gasteiger partial charge in [-0.2, -0.15) is 5.26 Å². The van der Waals surface area contributed by atoms with Gasteiger partial charge in [0.2, 0.25) is 0 Å². The summed E-state index contributed by atoms with van der Waals surface area (Å²) >= 11 is 0. The minimum absolute atomic E-state index is 0.0364. The number of rotatable bonds is 3. The standard InChI is InChI=1S/C19H24FN5O2/c1-19(12-21)6-5-14(20)8-13(19)10-25-16(9-17(26)23(2)18(25)27)24-7-3-4-15(22)11-24/h5-6,8-9,13,15H,3-4,7,10-11,22H2,1-2H3/t13?,15-,19?/m1/s1. The summed E-state index contributed by atoms with van der Waals surface area (Å²) in [6, 6.07) is 3.59. The van der Waals surface area contributed by atoms with E-state index in [0.29, 0.717) is 18.9 Å². The molecule has 2 heterocycles. The lowest BCUT2D eigenvalue weighted by molar-refractivity contribution is 0.334. The van der Waals surface area contributed by atoms with Crippen molar-refractivity contribution < 1.29 is 4.39 Å². The lowest BCUT2D eigenvalue weighted by Crippen LogP contribution is -2.48. The molecule has 2 N–H and O–H groups in total. The molecular formula is C19H24FN5O2. The third kappa shape index (κ3) is 3.60. The first-order chi connectivity index (χ1) is 12.7. The Morgan fingerprint density at radius 2 is 2.19 bits per heavy atom. The van der Waals surface area contributed by atoms with Crippen LogP contribution < -0.4 is 21.9 Å². The van der Waals surface area contributed by atoms with E-state index in [0.717, 1.165) is 17.4 Å². The Balaban J connectivity index is 2.08. The van der Waals surface area contributed by atoms with Crippen molar-refractivity contribution in [3.05, 3.63) is 51.0 Å². The summed E-state index contributed by atoms with van der Waals surface area (Å²) in [6.07, 6.45) is 5.91. The number of nitrogens with two attached hydrogens (primary N) is 1. The predicted molar refractivity (Wildman–Crippen MR) is 101 cm³/mol. The van der Waals surface area contributed by atoms with Crippen LogP contribution in [0.2, 0.25) is 0 Å². The highest BCUT2D eigenvalue weighted by Gasteiger charge is 2.35. The quantitative estimate of drug-likeness (QED) is 0.854. The van der Waals surface area contributed by atoms with Crippen molar-refractivity contribution in [1.82, 2.24) is 9.13 Å². The van der Waals surface area contributed by atoms with Crippen LogP contribution in [0.3, 0.4) is 0 Å². The van der Waals surface area contributed by atoms with Gasteiger partial charge >= 0.3 is 5.69 Å². The molecule has 0 bridgehead atoms. The van der Waals surface area contributed by atoms with Gasteiger partial charge < -0.3 is 10.6 Å². The third-order valence-electron chi connectivity index (χ3n) is 5.50. The first-order valence-corrected chi connectivity index (χ1v) is 9.04. The normalized spacial score (nSPS) is 28.0. The van der Waals surface area contributed by atoms with Crippen LogP contribution in [0.4, 0.5) is 10.2 Å². The number of nitrogens with zero attached hydrogens (tertiary/aromatic N) is 4. The van der Waals surface area contributed by atoms with Crippen LogP contribution in [0, 0.1) is 22.7 Å². The molecule has 0 aromatic carbocycles. The molecule has 1 fully saturated rings. The molecule has 2 aliphatic rings. The number of aromatic nitrogens is 2. The van der Waals surface area contributed by atoms with E-state index < -0.39 is 28.4 Å². The summed E-state index contributed by atoms with van der Waals surface area (Å²) in [6.45, 7) is 3.03. The molecule has 3 atom stereocenters. The van der Waals surface area contributed by atoms with Gasteiger partial charge in [0, 0.05) is 44.7 Å². The minimum Gasteiger partial charge on any atom is -0.356 e. The molecule has 144 valence electrons. The Labute approximate surface area is 156 Å². The fourth-order valence-corrected chi connectivity index (χ4v) is 3.67. The van der Waals surface area contributed by atoms with Gasteiger partial charge in [-0.25, -0.2) is 9.18 Å². The van der Waals surface area contributed by atoms with Crippen LogP contribution in [0.5, 0.6) is 0 Å². The van der Waals surface area contributed by atoms with Gasteiger partial charge in [0.15, 0.2) is 0 Å². The fourth-order valence-electron chi connectivity index (χ4n) is 3.67. The van der Waals surface area contributed by atoms with Crippen molar-refractivity contribution in [3.8, 4) is 6.07 Å². The molecule has 8 heteroatoms. The van der Waals surface area contributed by atoms with Gasteiger partial charge in [-0.1, -0.05) is 6.08 Å². The highest BCUT2D eigenvalue weighted by molar-refractivity contribution is 5.40. The lowest BCUT2D eigenvalue weighted by atomic mass is 9.75. The first-order valence-electron chi connectivity index (χ1n) is 9.04. The number of piperidine rings is 1. The van der Waals surface area contributed by atoms with E-state index in [9.17, 15) is 19.2 Å². The molecule has 1 saturated heterocycles. The molecule has 1 aliphatic carbocycles. The van der Waals surface area contributed by atoms with Crippen LogP contribution in [-0.4, -0.2) is 28.3 Å². The summed E-state index contributed by atoms with van der Waals surface area (Å²) in [5.41, 5.74) is 4.23. The molecule has 1 aliphatic heterocycles. The molecular weight excluding hydrogens is 349 g/mol. The van der Waals surface area contributed by atoms with Gasteiger partial charge in [0.25, 0.3) is 5.56 Å². The van der Waals surface area contributed by atoms with E-state index in [4.69, 9.17) is 5.73 Å². The van der Waals surface area contributed by atoms with E-state index in [2.05, 4.69) is 6.07 Å². The Bertz CT molecular complexity index is 954. The van der Waals surface area contributed by atoms with E-state index in [1.165, 1.54) is 35.9 Å². The van der Waals surface area contributed by atoms with Crippen LogP contribution in [0.15, 0.2) is 39.7 Å². The predicted octanol–water partition coefficient (Wildman–Crippen LogP) is 1.04. The van der Waals surface area contributed by atoms with Crippen LogP contribution in [0.25, 0.3) is 0 Å². The molecule has 0 spiro atoms. The molecule has 27 heavy (non-hydrogen) atoms. The Hall–Kier alpha value is -2.66. The zero-order valence-corrected chi connectivity index (χ0v) is 15.6. The van der Waals surface area contributed by atoms with Crippen LogP contribution >= 0.6 is 0 Å². The number of halogens is 1. The summed E-state index contributed by atoms with van der Waals surface area (Å²) in [4.78, 5) is 27.0. The molecule has 0 radical (unpaired) electrons. The summed E-state index contributed by atoms with van der Waals surface area (Å²) in [5, 5.41) is 9.58. The fraction of sp³-hybridized carbons (Fsp3) is 0.526. The Morgan fingerprint density at radius 1 is 1.44 bits per heavy atom. The van der Waals surface area contributed by atoms with Gasteiger partial charge in [-0.3, -0.25) is 13.9 Å². The lowest BCUT2D eigenvalue weighted by Gasteiger charge is -2.36. The molecule has 1 aromatic heterocycles. The monoisotopic (exact) mass is 373 g/mol. The van der Waals surface area contributed by atoms with E-state index >= 15 is 0 Å². The van der Waals surface area contributed by atoms with E-state index in [1.807, 2.05) is 4.90 Å². The second-order valence-corrected chi connectivity index (χ2v) is 7.53. The molecule has 0 saturated carbocycles. The number of hydrogen-bond acceptors (Lipinski definition) is 5. The zero-order chi connectivity index (χ0) is 19.8. The van der Waals surface area contributed by atoms with Gasteiger partial charge in [0.1, 0.15) is 11.6 Å². The second kappa shape index (κ2) is 7.16. The number of nitriles is 1. The molecule has 7 nitrogen and oxygen atoms in total. The second-order valence-electron chi connectivity index (χ2n) is 7.53. The van der Waals surface area contributed by atoms with E-state index in [1.54, 1.807) is 6.92 Å². The number of anilines is 1. The van der Waals surface area contributed by atoms with Crippen molar-refractivity contribution in [2.45, 2.75) is 32.4 Å². The summed E-state index contributed by atoms with van der Waals surface area (Å²) in [5.74, 6) is -0.506. The average Bonchev–Trinajstić information content (AvgIpc) is 2.65. The first kappa shape index (κ1) is 19.1. The Kier molecular flexibility index (Phi) is 5.07. The van der Waals surface area contributed by atoms with Crippen molar-refractivity contribution in [1.29, 1.82) is 5.26 Å². The van der Waals surface area contributed by atoms with Gasteiger partial charge in [-0.15, -0.1) is 0 Å².